The van der Waals surface area contributed by atoms with E-state index in [-0.39, 0.29) is 23.4 Å². The van der Waals surface area contributed by atoms with E-state index in [4.69, 9.17) is 9.62 Å². The van der Waals surface area contributed by atoms with Crippen molar-refractivity contribution >= 4 is 5.91 Å². The number of aliphatic hydroxyl groups excluding tert-OH is 2. The third kappa shape index (κ3) is 4.44. The lowest BCUT2D eigenvalue weighted by molar-refractivity contribution is -0.174. The van der Waals surface area contributed by atoms with Crippen molar-refractivity contribution in [2.45, 2.75) is 97.3 Å². The summed E-state index contributed by atoms with van der Waals surface area (Å²) < 4.78 is 5.47. The Morgan fingerprint density at radius 2 is 1.83 bits per heavy atom. The Morgan fingerprint density at radius 3 is 2.61 bits per heavy atom. The smallest absolute Gasteiger partial charge is 0.310 e. The van der Waals surface area contributed by atoms with Crippen LogP contribution in [0.1, 0.15) is 94.9 Å². The Bertz CT molecular complexity index is 935. The number of rotatable bonds is 7. The highest BCUT2D eigenvalue weighted by molar-refractivity contribution is 5.90. The quantitative estimate of drug-likeness (QED) is 0.213. The Hall–Kier alpha value is -1.41. The van der Waals surface area contributed by atoms with E-state index in [0.29, 0.717) is 53.2 Å². The fourth-order valence-corrected chi connectivity index (χ4v) is 9.57. The monoisotopic (exact) mass is 502 g/mol. The predicted octanol–water partition coefficient (Wildman–Crippen LogP) is 4.51. The molecule has 1 amide bonds. The van der Waals surface area contributed by atoms with Gasteiger partial charge in [-0.3, -0.25) is 10.0 Å². The maximum Gasteiger partial charge on any atom is 0.310 e. The number of hydrogen-bond donors (Lipinski definition) is 5. The zero-order valence-corrected chi connectivity index (χ0v) is 22.2. The van der Waals surface area contributed by atoms with Gasteiger partial charge >= 0.3 is 5.91 Å². The van der Waals surface area contributed by atoms with Crippen LogP contribution in [0.5, 0.6) is 0 Å². The lowest BCUT2D eigenvalue weighted by Crippen LogP contribution is -2.58. The summed E-state index contributed by atoms with van der Waals surface area (Å²) in [7, 11) is 0. The molecule has 4 saturated carbocycles. The molecule has 0 saturated heterocycles. The first-order valence-electron chi connectivity index (χ1n) is 14.3. The van der Waals surface area contributed by atoms with Crippen molar-refractivity contribution in [1.82, 2.24) is 10.8 Å². The highest BCUT2D eigenvalue weighted by Gasteiger charge is 2.62. The van der Waals surface area contributed by atoms with Crippen LogP contribution in [0.15, 0.2) is 16.5 Å². The van der Waals surface area contributed by atoms with Crippen LogP contribution in [-0.4, -0.2) is 40.1 Å². The lowest BCUT2D eigenvalue weighted by atomic mass is 9.43. The highest BCUT2D eigenvalue weighted by Crippen LogP contribution is 2.68. The summed E-state index contributed by atoms with van der Waals surface area (Å²) in [6.07, 6.45) is 9.47. The second kappa shape index (κ2) is 10.0. The van der Waals surface area contributed by atoms with Crippen molar-refractivity contribution in [3.63, 3.8) is 0 Å². The molecule has 0 aromatic carbocycles. The van der Waals surface area contributed by atoms with Crippen LogP contribution in [0, 0.1) is 46.3 Å². The van der Waals surface area contributed by atoms with E-state index in [1.165, 1.54) is 25.7 Å². The van der Waals surface area contributed by atoms with Crippen LogP contribution in [0.2, 0.25) is 0 Å². The minimum Gasteiger partial charge on any atom is -0.454 e. The van der Waals surface area contributed by atoms with Crippen molar-refractivity contribution < 1.29 is 24.6 Å². The lowest BCUT2D eigenvalue weighted by Gasteiger charge is -2.62. The molecular formula is C29H46N2O5. The fourth-order valence-electron chi connectivity index (χ4n) is 9.57. The normalized spacial score (nSPS) is 42.8. The Labute approximate surface area is 215 Å². The van der Waals surface area contributed by atoms with Crippen molar-refractivity contribution in [1.29, 1.82) is 0 Å². The Balaban J connectivity index is 1.18. The van der Waals surface area contributed by atoms with Crippen LogP contribution in [-0.2, 0) is 6.54 Å². The highest BCUT2D eigenvalue weighted by atomic mass is 16.5. The molecule has 7 nitrogen and oxygen atoms in total. The molecule has 10 atom stereocenters. The number of carbonyl (C=O) groups is 1. The maximum absolute atomic E-state index is 11.4. The molecule has 0 spiro atoms. The van der Waals surface area contributed by atoms with Gasteiger partial charge in [-0.25, -0.2) is 5.48 Å². The molecule has 4 fully saturated rings. The van der Waals surface area contributed by atoms with Gasteiger partial charge in [0.15, 0.2) is 5.76 Å². The van der Waals surface area contributed by atoms with Gasteiger partial charge in [0, 0.05) is 0 Å². The van der Waals surface area contributed by atoms with Crippen LogP contribution in [0.4, 0.5) is 0 Å². The Kier molecular flexibility index (Phi) is 7.31. The zero-order valence-electron chi connectivity index (χ0n) is 22.2. The molecule has 5 N–H and O–H groups in total. The third-order valence-electron chi connectivity index (χ3n) is 11.5. The van der Waals surface area contributed by atoms with Gasteiger partial charge in [-0.1, -0.05) is 20.8 Å². The van der Waals surface area contributed by atoms with E-state index in [0.717, 1.165) is 38.6 Å². The second-order valence-corrected chi connectivity index (χ2v) is 13.1. The van der Waals surface area contributed by atoms with Crippen LogP contribution < -0.4 is 10.8 Å². The molecule has 5 rings (SSSR count). The van der Waals surface area contributed by atoms with E-state index in [1.54, 1.807) is 17.6 Å². The van der Waals surface area contributed by atoms with Crippen LogP contribution in [0.25, 0.3) is 0 Å². The molecule has 1 aromatic rings. The first-order valence-corrected chi connectivity index (χ1v) is 14.3. The maximum atomic E-state index is 11.4. The van der Waals surface area contributed by atoms with Gasteiger partial charge in [-0.15, -0.1) is 0 Å². The van der Waals surface area contributed by atoms with Crippen LogP contribution in [0.3, 0.4) is 0 Å². The zero-order chi connectivity index (χ0) is 25.7. The molecule has 1 heterocycles. The molecule has 36 heavy (non-hydrogen) atoms. The van der Waals surface area contributed by atoms with Crippen LogP contribution >= 0.6 is 0 Å². The fraction of sp³-hybridized carbons (Fsp3) is 0.828. The molecule has 0 bridgehead atoms. The number of furan rings is 1. The van der Waals surface area contributed by atoms with Gasteiger partial charge in [0.1, 0.15) is 5.76 Å². The summed E-state index contributed by atoms with van der Waals surface area (Å²) >= 11 is 0. The van der Waals surface area contributed by atoms with E-state index >= 15 is 0 Å². The molecule has 7 heteroatoms. The standard InChI is InChI=1S/C29H46N2O5/c1-17(10-13-30-16-20-4-7-25(36-20)27(34)31-35)21-5-6-22-26-23(9-12-29(21,22)3)28(2)11-8-19(32)14-18(28)15-24(26)33/h4,7,17-19,21-24,26,30,32-33,35H,5-6,8-16H2,1-3H3,(H,31,34)/t17-,18?,19-,21?,22?,23?,24?,26?,28?,29?/m1/s1. The summed E-state index contributed by atoms with van der Waals surface area (Å²) in [5.74, 6) is 3.52. The Morgan fingerprint density at radius 1 is 1.08 bits per heavy atom. The first-order chi connectivity index (χ1) is 17.2. The summed E-state index contributed by atoms with van der Waals surface area (Å²) in [5.41, 5.74) is 2.17. The number of fused-ring (bicyclic) bond motifs is 5. The summed E-state index contributed by atoms with van der Waals surface area (Å²) in [6.45, 7) is 8.85. The van der Waals surface area contributed by atoms with E-state index < -0.39 is 5.91 Å². The van der Waals surface area contributed by atoms with Crippen molar-refractivity contribution in [2.75, 3.05) is 6.54 Å². The van der Waals surface area contributed by atoms with Crippen molar-refractivity contribution in [3.05, 3.63) is 23.7 Å². The largest absolute Gasteiger partial charge is 0.454 e. The predicted molar refractivity (Wildman–Crippen MR) is 136 cm³/mol. The first kappa shape index (κ1) is 26.2. The third-order valence-corrected chi connectivity index (χ3v) is 11.5. The molecule has 0 aliphatic heterocycles. The van der Waals surface area contributed by atoms with Gasteiger partial charge in [0.25, 0.3) is 0 Å². The molecule has 4 aliphatic carbocycles. The molecule has 0 radical (unpaired) electrons. The summed E-state index contributed by atoms with van der Waals surface area (Å²) in [6, 6.07) is 3.33. The average Bonchev–Trinajstić information content (AvgIpc) is 3.46. The van der Waals surface area contributed by atoms with E-state index in [2.05, 4.69) is 26.1 Å². The molecular weight excluding hydrogens is 456 g/mol. The number of hydrogen-bond acceptors (Lipinski definition) is 6. The SMILES string of the molecule is C[C@H](CCNCc1ccc(C(=O)NO)o1)C1CCC2C3C(O)CC4C[C@H](O)CCC4(C)C3CCC21C. The van der Waals surface area contributed by atoms with E-state index in [9.17, 15) is 15.0 Å². The van der Waals surface area contributed by atoms with Gasteiger partial charge in [-0.05, 0) is 123 Å². The number of nitrogens with one attached hydrogen (secondary N) is 2. The number of amides is 1. The molecule has 4 aliphatic rings. The van der Waals surface area contributed by atoms with E-state index in [1.807, 2.05) is 0 Å². The topological polar surface area (TPSA) is 115 Å². The summed E-state index contributed by atoms with van der Waals surface area (Å²) in [5, 5.41) is 33.9. The molecule has 8 unspecified atom stereocenters. The van der Waals surface area contributed by atoms with Crippen molar-refractivity contribution in [2.24, 2.45) is 46.3 Å². The summed E-state index contributed by atoms with van der Waals surface area (Å²) in [4.78, 5) is 11.4. The molecule has 1 aromatic heterocycles. The van der Waals surface area contributed by atoms with Gasteiger partial charge < -0.3 is 19.9 Å². The van der Waals surface area contributed by atoms with Crippen molar-refractivity contribution in [3.8, 4) is 0 Å². The molecule has 202 valence electrons. The van der Waals surface area contributed by atoms with Gasteiger partial charge in [0.2, 0.25) is 0 Å². The minimum absolute atomic E-state index is 0.109. The van der Waals surface area contributed by atoms with Gasteiger partial charge in [-0.2, -0.15) is 0 Å². The number of aliphatic hydroxyl groups is 2. The number of hydroxylamine groups is 1. The number of carbonyl (C=O) groups excluding carboxylic acids is 1. The van der Waals surface area contributed by atoms with Gasteiger partial charge in [0.05, 0.1) is 18.8 Å². The minimum atomic E-state index is -0.637. The second-order valence-electron chi connectivity index (χ2n) is 13.1. The average molecular weight is 503 g/mol.